The van der Waals surface area contributed by atoms with Crippen LogP contribution in [0, 0.1) is 5.82 Å². The molecule has 4 rings (SSSR count). The number of benzene rings is 1. The predicted octanol–water partition coefficient (Wildman–Crippen LogP) is 0.279. The first-order valence-electron chi connectivity index (χ1n) is 10.3. The molecule has 3 heterocycles. The molecule has 9 heteroatoms. The molecule has 29 heavy (non-hydrogen) atoms. The summed E-state index contributed by atoms with van der Waals surface area (Å²) in [7, 11) is -2.86. The third-order valence-electron chi connectivity index (χ3n) is 6.31. The van der Waals surface area contributed by atoms with Gasteiger partial charge >= 0.3 is 0 Å². The topological polar surface area (TPSA) is 64.2 Å². The second-order valence-corrected chi connectivity index (χ2v) is 10.4. The maximum absolute atomic E-state index is 13.1. The van der Waals surface area contributed by atoms with Crippen molar-refractivity contribution < 1.29 is 17.6 Å². The van der Waals surface area contributed by atoms with Crippen LogP contribution in [0.3, 0.4) is 0 Å². The predicted molar refractivity (Wildman–Crippen MR) is 110 cm³/mol. The van der Waals surface area contributed by atoms with E-state index in [0.29, 0.717) is 25.4 Å². The Morgan fingerprint density at radius 1 is 0.966 bits per heavy atom. The van der Waals surface area contributed by atoms with Crippen LogP contribution in [0.5, 0.6) is 0 Å². The summed E-state index contributed by atoms with van der Waals surface area (Å²) in [5.41, 5.74) is 0.989. The van der Waals surface area contributed by atoms with Crippen molar-refractivity contribution in [2.45, 2.75) is 12.5 Å². The maximum Gasteiger partial charge on any atom is 0.236 e. The third-order valence-corrected chi connectivity index (χ3v) is 8.07. The Morgan fingerprint density at radius 3 is 2.21 bits per heavy atom. The highest BCUT2D eigenvalue weighted by Gasteiger charge is 2.34. The van der Waals surface area contributed by atoms with Crippen molar-refractivity contribution in [3.05, 3.63) is 30.1 Å². The van der Waals surface area contributed by atoms with Crippen LogP contribution in [0.4, 0.5) is 10.1 Å². The Labute approximate surface area is 172 Å². The summed E-state index contributed by atoms with van der Waals surface area (Å²) in [6, 6.07) is 6.64. The molecule has 7 nitrogen and oxygen atoms in total. The minimum Gasteiger partial charge on any atom is -0.368 e. The van der Waals surface area contributed by atoms with Gasteiger partial charge in [-0.3, -0.25) is 14.6 Å². The number of amides is 1. The number of carbonyl (C=O) groups excluding carboxylic acids is 1. The number of hydrogen-bond donors (Lipinski definition) is 0. The monoisotopic (exact) mass is 424 g/mol. The van der Waals surface area contributed by atoms with Crippen molar-refractivity contribution in [2.75, 3.05) is 75.3 Å². The highest BCUT2D eigenvalue weighted by atomic mass is 32.2. The molecule has 0 aromatic heterocycles. The fraction of sp³-hybridized carbons (Fsp3) is 0.650. The molecule has 3 saturated heterocycles. The molecule has 0 radical (unpaired) electrons. The molecular weight excluding hydrogens is 395 g/mol. The van der Waals surface area contributed by atoms with Crippen LogP contribution in [0.2, 0.25) is 0 Å². The van der Waals surface area contributed by atoms with E-state index in [9.17, 15) is 17.6 Å². The number of sulfone groups is 1. The molecular formula is C20H29FN4O3S. The molecule has 1 atom stereocenters. The minimum absolute atomic E-state index is 0.150. The Morgan fingerprint density at radius 2 is 1.62 bits per heavy atom. The average Bonchev–Trinajstić information content (AvgIpc) is 3.09. The van der Waals surface area contributed by atoms with Gasteiger partial charge in [-0.15, -0.1) is 0 Å². The van der Waals surface area contributed by atoms with E-state index < -0.39 is 9.84 Å². The van der Waals surface area contributed by atoms with Crippen molar-refractivity contribution in [3.63, 3.8) is 0 Å². The van der Waals surface area contributed by atoms with E-state index in [4.69, 9.17) is 0 Å². The molecule has 3 aliphatic rings. The van der Waals surface area contributed by atoms with Crippen molar-refractivity contribution in [2.24, 2.45) is 0 Å². The van der Waals surface area contributed by atoms with E-state index in [1.165, 1.54) is 12.1 Å². The summed E-state index contributed by atoms with van der Waals surface area (Å²) < 4.78 is 36.5. The summed E-state index contributed by atoms with van der Waals surface area (Å²) in [6.07, 6.45) is 0.736. The zero-order chi connectivity index (χ0) is 20.4. The molecule has 3 aliphatic heterocycles. The highest BCUT2D eigenvalue weighted by Crippen LogP contribution is 2.20. The van der Waals surface area contributed by atoms with E-state index in [1.807, 2.05) is 4.90 Å². The molecule has 0 N–H and O–H groups in total. The zero-order valence-corrected chi connectivity index (χ0v) is 17.5. The van der Waals surface area contributed by atoms with Crippen LogP contribution in [-0.2, 0) is 14.6 Å². The summed E-state index contributed by atoms with van der Waals surface area (Å²) >= 11 is 0. The summed E-state index contributed by atoms with van der Waals surface area (Å²) in [5, 5.41) is 0. The standard InChI is InChI=1S/C20H29FN4O3S/c21-17-1-3-18(4-2-17)23-10-12-25(13-11-23)20(26)15-22-6-8-24(9-7-22)19-5-14-29(27,28)16-19/h1-4,19H,5-16H2. The largest absolute Gasteiger partial charge is 0.368 e. The second kappa shape index (κ2) is 8.57. The summed E-state index contributed by atoms with van der Waals surface area (Å²) in [4.78, 5) is 21.2. The first kappa shape index (κ1) is 20.6. The summed E-state index contributed by atoms with van der Waals surface area (Å²) in [5.74, 6) is 0.503. The second-order valence-electron chi connectivity index (χ2n) is 8.21. The van der Waals surface area contributed by atoms with Crippen LogP contribution in [0.25, 0.3) is 0 Å². The smallest absolute Gasteiger partial charge is 0.236 e. The molecule has 1 unspecified atom stereocenters. The van der Waals surface area contributed by atoms with Crippen LogP contribution in [0.15, 0.2) is 24.3 Å². The van der Waals surface area contributed by atoms with Gasteiger partial charge in [0.15, 0.2) is 9.84 Å². The molecule has 1 amide bonds. The van der Waals surface area contributed by atoms with Crippen molar-refractivity contribution >= 4 is 21.4 Å². The molecule has 0 saturated carbocycles. The number of hydrogen-bond acceptors (Lipinski definition) is 6. The van der Waals surface area contributed by atoms with Crippen LogP contribution in [0.1, 0.15) is 6.42 Å². The lowest BCUT2D eigenvalue weighted by molar-refractivity contribution is -0.133. The molecule has 3 fully saturated rings. The maximum atomic E-state index is 13.1. The van der Waals surface area contributed by atoms with E-state index in [-0.39, 0.29) is 23.5 Å². The molecule has 1 aromatic carbocycles. The van der Waals surface area contributed by atoms with E-state index in [1.54, 1.807) is 12.1 Å². The first-order valence-corrected chi connectivity index (χ1v) is 12.2. The van der Waals surface area contributed by atoms with Gasteiger partial charge in [0.1, 0.15) is 5.82 Å². The van der Waals surface area contributed by atoms with Gasteiger partial charge in [-0.05, 0) is 30.7 Å². The van der Waals surface area contributed by atoms with Gasteiger partial charge in [0.25, 0.3) is 0 Å². The molecule has 0 aliphatic carbocycles. The van der Waals surface area contributed by atoms with Crippen LogP contribution >= 0.6 is 0 Å². The minimum atomic E-state index is -2.86. The fourth-order valence-corrected chi connectivity index (χ4v) is 6.27. The van der Waals surface area contributed by atoms with Gasteiger partial charge in [-0.1, -0.05) is 0 Å². The number of piperazine rings is 2. The molecule has 0 spiro atoms. The van der Waals surface area contributed by atoms with E-state index in [2.05, 4.69) is 14.7 Å². The van der Waals surface area contributed by atoms with Gasteiger partial charge in [0, 0.05) is 64.1 Å². The lowest BCUT2D eigenvalue weighted by atomic mass is 10.2. The van der Waals surface area contributed by atoms with Gasteiger partial charge in [0.2, 0.25) is 5.91 Å². The van der Waals surface area contributed by atoms with Crippen molar-refractivity contribution in [1.29, 1.82) is 0 Å². The molecule has 0 bridgehead atoms. The fourth-order valence-electron chi connectivity index (χ4n) is 4.51. The Bertz CT molecular complexity index is 817. The average molecular weight is 425 g/mol. The Hall–Kier alpha value is -1.71. The highest BCUT2D eigenvalue weighted by molar-refractivity contribution is 7.91. The number of anilines is 1. The number of nitrogens with zero attached hydrogens (tertiary/aromatic N) is 4. The SMILES string of the molecule is O=C(CN1CCN(C2CCS(=O)(=O)C2)CC1)N1CCN(c2ccc(F)cc2)CC1. The third kappa shape index (κ3) is 5.07. The van der Waals surface area contributed by atoms with Gasteiger partial charge in [-0.2, -0.15) is 0 Å². The van der Waals surface area contributed by atoms with Gasteiger partial charge in [-0.25, -0.2) is 12.8 Å². The Balaban J connectivity index is 1.20. The quantitative estimate of drug-likeness (QED) is 0.692. The number of halogens is 1. The van der Waals surface area contributed by atoms with Crippen molar-refractivity contribution in [3.8, 4) is 0 Å². The normalized spacial score (nSPS) is 26.0. The molecule has 160 valence electrons. The lowest BCUT2D eigenvalue weighted by Crippen LogP contribution is -2.55. The van der Waals surface area contributed by atoms with Gasteiger partial charge in [0.05, 0.1) is 18.1 Å². The first-order chi connectivity index (χ1) is 13.9. The lowest BCUT2D eigenvalue weighted by Gasteiger charge is -2.39. The zero-order valence-electron chi connectivity index (χ0n) is 16.7. The Kier molecular flexibility index (Phi) is 6.08. The van der Waals surface area contributed by atoms with Crippen molar-refractivity contribution in [1.82, 2.24) is 14.7 Å². The molecule has 1 aromatic rings. The van der Waals surface area contributed by atoms with E-state index >= 15 is 0 Å². The summed E-state index contributed by atoms with van der Waals surface area (Å²) in [6.45, 7) is 6.54. The van der Waals surface area contributed by atoms with Gasteiger partial charge < -0.3 is 9.80 Å². The van der Waals surface area contributed by atoms with E-state index in [0.717, 1.165) is 51.4 Å². The number of rotatable bonds is 4. The van der Waals surface area contributed by atoms with Crippen LogP contribution < -0.4 is 4.90 Å². The number of carbonyl (C=O) groups is 1. The van der Waals surface area contributed by atoms with Crippen LogP contribution in [-0.4, -0.2) is 105 Å².